The summed E-state index contributed by atoms with van der Waals surface area (Å²) in [5.41, 5.74) is 0.506. The third kappa shape index (κ3) is 3.47. The minimum atomic E-state index is -0.444. The number of carbonyl (C=O) groups excluding carboxylic acids is 1. The Kier molecular flexibility index (Phi) is 5.07. The fourth-order valence-corrected chi connectivity index (χ4v) is 2.83. The number of nitrogens with zero attached hydrogens (tertiary/aromatic N) is 1. The van der Waals surface area contributed by atoms with E-state index in [1.165, 1.54) is 0 Å². The van der Waals surface area contributed by atoms with Crippen molar-refractivity contribution in [3.8, 4) is 11.5 Å². The molecule has 1 aliphatic rings. The van der Waals surface area contributed by atoms with Gasteiger partial charge in [-0.25, -0.2) is 0 Å². The molecule has 21 heavy (non-hydrogen) atoms. The maximum Gasteiger partial charge on any atom is 0.254 e. The third-order valence-corrected chi connectivity index (χ3v) is 4.11. The van der Waals surface area contributed by atoms with Gasteiger partial charge in [-0.2, -0.15) is 0 Å². The second-order valence-corrected chi connectivity index (χ2v) is 5.44. The Morgan fingerprint density at radius 3 is 2.24 bits per heavy atom. The van der Waals surface area contributed by atoms with Gasteiger partial charge in [0.15, 0.2) is 0 Å². The molecule has 0 spiro atoms. The van der Waals surface area contributed by atoms with E-state index in [0.29, 0.717) is 17.1 Å². The van der Waals surface area contributed by atoms with Crippen LogP contribution in [0.4, 0.5) is 0 Å². The predicted molar refractivity (Wildman–Crippen MR) is 79.9 cm³/mol. The minimum Gasteiger partial charge on any atom is -0.497 e. The molecule has 116 valence electrons. The summed E-state index contributed by atoms with van der Waals surface area (Å²) in [6.07, 6.45) is 3.21. The topological polar surface area (TPSA) is 59.0 Å². The average molecular weight is 293 g/mol. The molecule has 1 aromatic rings. The number of methoxy groups -OCH3 is 2. The standard InChI is InChI=1S/C16H23NO4/c1-17(14-6-4-5-7-15(14)18)16(19)11-8-12(20-2)10-13(9-11)21-3/h8-10,14-15,18H,4-7H2,1-3H3/t14-,15+/m0/s1. The molecule has 5 nitrogen and oxygen atoms in total. The van der Waals surface area contributed by atoms with E-state index in [-0.39, 0.29) is 11.9 Å². The summed E-state index contributed by atoms with van der Waals surface area (Å²) in [6.45, 7) is 0. The van der Waals surface area contributed by atoms with Gasteiger partial charge in [0.1, 0.15) is 11.5 Å². The number of rotatable bonds is 4. The van der Waals surface area contributed by atoms with Gasteiger partial charge in [-0.1, -0.05) is 12.8 Å². The summed E-state index contributed by atoms with van der Waals surface area (Å²) in [7, 11) is 4.85. The lowest BCUT2D eigenvalue weighted by molar-refractivity contribution is 0.0267. The normalized spacial score (nSPS) is 21.7. The Morgan fingerprint density at radius 2 is 1.71 bits per heavy atom. The summed E-state index contributed by atoms with van der Waals surface area (Å²) >= 11 is 0. The summed E-state index contributed by atoms with van der Waals surface area (Å²) in [6, 6.07) is 4.99. The molecular weight excluding hydrogens is 270 g/mol. The van der Waals surface area contributed by atoms with E-state index in [1.807, 2.05) is 0 Å². The van der Waals surface area contributed by atoms with Crippen molar-refractivity contribution in [3.63, 3.8) is 0 Å². The van der Waals surface area contributed by atoms with E-state index in [9.17, 15) is 9.90 Å². The van der Waals surface area contributed by atoms with Crippen LogP contribution in [0.3, 0.4) is 0 Å². The predicted octanol–water partition coefficient (Wildman–Crippen LogP) is 2.08. The fraction of sp³-hybridized carbons (Fsp3) is 0.562. The first-order valence-electron chi connectivity index (χ1n) is 7.25. The van der Waals surface area contributed by atoms with Gasteiger partial charge in [-0.05, 0) is 25.0 Å². The Hall–Kier alpha value is -1.75. The molecule has 0 heterocycles. The highest BCUT2D eigenvalue weighted by molar-refractivity contribution is 5.95. The molecule has 0 bridgehead atoms. The van der Waals surface area contributed by atoms with Gasteiger partial charge < -0.3 is 19.5 Å². The number of aliphatic hydroxyl groups is 1. The maximum atomic E-state index is 12.6. The zero-order chi connectivity index (χ0) is 15.4. The van der Waals surface area contributed by atoms with E-state index >= 15 is 0 Å². The first-order valence-corrected chi connectivity index (χ1v) is 7.25. The number of aliphatic hydroxyl groups excluding tert-OH is 1. The van der Waals surface area contributed by atoms with Crippen molar-refractivity contribution in [1.29, 1.82) is 0 Å². The number of hydrogen-bond donors (Lipinski definition) is 1. The van der Waals surface area contributed by atoms with Gasteiger partial charge in [-0.3, -0.25) is 4.79 Å². The van der Waals surface area contributed by atoms with Crippen molar-refractivity contribution in [3.05, 3.63) is 23.8 Å². The lowest BCUT2D eigenvalue weighted by Gasteiger charge is -2.35. The zero-order valence-electron chi connectivity index (χ0n) is 12.8. The van der Waals surface area contributed by atoms with E-state index in [4.69, 9.17) is 9.47 Å². The summed E-state index contributed by atoms with van der Waals surface area (Å²) in [5.74, 6) is 1.03. The van der Waals surface area contributed by atoms with Crippen LogP contribution in [-0.2, 0) is 0 Å². The van der Waals surface area contributed by atoms with Crippen LogP contribution in [0.15, 0.2) is 18.2 Å². The van der Waals surface area contributed by atoms with Gasteiger partial charge in [-0.15, -0.1) is 0 Å². The molecule has 0 saturated heterocycles. The minimum absolute atomic E-state index is 0.122. The highest BCUT2D eigenvalue weighted by atomic mass is 16.5. The molecule has 0 aromatic heterocycles. The molecule has 0 unspecified atom stereocenters. The number of carbonyl (C=O) groups is 1. The molecule has 1 saturated carbocycles. The van der Waals surface area contributed by atoms with Gasteiger partial charge >= 0.3 is 0 Å². The van der Waals surface area contributed by atoms with E-state index in [0.717, 1.165) is 25.7 Å². The molecule has 5 heteroatoms. The number of hydrogen-bond acceptors (Lipinski definition) is 4. The van der Waals surface area contributed by atoms with Gasteiger partial charge in [0.25, 0.3) is 5.91 Å². The summed E-state index contributed by atoms with van der Waals surface area (Å²) in [5, 5.41) is 10.1. The van der Waals surface area contributed by atoms with Crippen molar-refractivity contribution >= 4 is 5.91 Å². The highest BCUT2D eigenvalue weighted by Gasteiger charge is 2.30. The van der Waals surface area contributed by atoms with Gasteiger partial charge in [0.05, 0.1) is 26.4 Å². The van der Waals surface area contributed by atoms with Crippen molar-refractivity contribution in [2.75, 3.05) is 21.3 Å². The molecule has 1 amide bonds. The lowest BCUT2D eigenvalue weighted by atomic mass is 9.91. The third-order valence-electron chi connectivity index (χ3n) is 4.11. The number of benzene rings is 1. The van der Waals surface area contributed by atoms with Crippen LogP contribution in [0, 0.1) is 0 Å². The molecule has 1 aromatic carbocycles. The summed E-state index contributed by atoms with van der Waals surface area (Å²) in [4.78, 5) is 14.3. The summed E-state index contributed by atoms with van der Waals surface area (Å²) < 4.78 is 10.4. The fourth-order valence-electron chi connectivity index (χ4n) is 2.83. The molecule has 1 fully saturated rings. The Bertz CT molecular complexity index is 481. The highest BCUT2D eigenvalue weighted by Crippen LogP contribution is 2.26. The lowest BCUT2D eigenvalue weighted by Crippen LogP contribution is -2.46. The number of amides is 1. The zero-order valence-corrected chi connectivity index (χ0v) is 12.8. The molecular formula is C16H23NO4. The van der Waals surface area contributed by atoms with Crippen molar-refractivity contribution in [2.24, 2.45) is 0 Å². The molecule has 1 N–H and O–H groups in total. The van der Waals surface area contributed by atoms with E-state index in [2.05, 4.69) is 0 Å². The smallest absolute Gasteiger partial charge is 0.254 e. The second-order valence-electron chi connectivity index (χ2n) is 5.44. The van der Waals surface area contributed by atoms with Crippen molar-refractivity contribution in [1.82, 2.24) is 4.90 Å². The van der Waals surface area contributed by atoms with Gasteiger partial charge in [0.2, 0.25) is 0 Å². The van der Waals surface area contributed by atoms with Crippen LogP contribution in [0.5, 0.6) is 11.5 Å². The first-order chi connectivity index (χ1) is 10.1. The van der Waals surface area contributed by atoms with Crippen LogP contribution >= 0.6 is 0 Å². The van der Waals surface area contributed by atoms with E-state index in [1.54, 1.807) is 44.4 Å². The van der Waals surface area contributed by atoms with Gasteiger partial charge in [0, 0.05) is 18.7 Å². The SMILES string of the molecule is COc1cc(OC)cc(C(=O)N(C)[C@H]2CCCC[C@H]2O)c1. The second kappa shape index (κ2) is 6.80. The van der Waals surface area contributed by atoms with Crippen molar-refractivity contribution in [2.45, 2.75) is 37.8 Å². The number of likely N-dealkylation sites (N-methyl/N-ethyl adjacent to an activating group) is 1. The first kappa shape index (κ1) is 15.6. The van der Waals surface area contributed by atoms with Crippen molar-refractivity contribution < 1.29 is 19.4 Å². The molecule has 1 aliphatic carbocycles. The number of ether oxygens (including phenoxy) is 2. The maximum absolute atomic E-state index is 12.6. The molecule has 2 atom stereocenters. The average Bonchev–Trinajstić information content (AvgIpc) is 2.53. The monoisotopic (exact) mass is 293 g/mol. The molecule has 0 aliphatic heterocycles. The largest absolute Gasteiger partial charge is 0.497 e. The van der Waals surface area contributed by atoms with Crippen LogP contribution in [0.25, 0.3) is 0 Å². The quantitative estimate of drug-likeness (QED) is 0.923. The Balaban J connectivity index is 2.22. The van der Waals surface area contributed by atoms with Crippen LogP contribution in [0.1, 0.15) is 36.0 Å². The molecule has 0 radical (unpaired) electrons. The Labute approximate surface area is 125 Å². The van der Waals surface area contributed by atoms with Crippen LogP contribution in [0.2, 0.25) is 0 Å². The Morgan fingerprint density at radius 1 is 1.14 bits per heavy atom. The van der Waals surface area contributed by atoms with Crippen LogP contribution < -0.4 is 9.47 Å². The molecule has 2 rings (SSSR count). The van der Waals surface area contributed by atoms with Crippen LogP contribution in [-0.4, -0.2) is 49.3 Å². The van der Waals surface area contributed by atoms with E-state index < -0.39 is 6.10 Å².